The van der Waals surface area contributed by atoms with Crippen LogP contribution in [0, 0.1) is 6.92 Å². The lowest BCUT2D eigenvalue weighted by Crippen LogP contribution is -2.22. The van der Waals surface area contributed by atoms with E-state index < -0.39 is 18.5 Å². The van der Waals surface area contributed by atoms with E-state index in [1.165, 1.54) is 6.92 Å². The number of Topliss-reactive ketones (excluding diaryl/α,β-unsaturated/α-hetero) is 1. The van der Waals surface area contributed by atoms with Gasteiger partial charge < -0.3 is 10.1 Å². The molecule has 2 heterocycles. The smallest absolute Gasteiger partial charge is 0.339 e. The van der Waals surface area contributed by atoms with Crippen LogP contribution >= 0.6 is 0 Å². The molecule has 0 atom stereocenters. The number of nitrogens with zero attached hydrogens (tertiary/aromatic N) is 3. The summed E-state index contributed by atoms with van der Waals surface area (Å²) in [6, 6.07) is 17.8. The largest absolute Gasteiger partial charge is 0.452 e. The lowest BCUT2D eigenvalue weighted by Gasteiger charge is -2.11. The Kier molecular flexibility index (Phi) is 5.99. The van der Waals surface area contributed by atoms with Crippen molar-refractivity contribution in [3.05, 3.63) is 77.5 Å². The molecule has 4 aromatic rings. The highest BCUT2D eigenvalue weighted by molar-refractivity contribution is 6.07. The molecule has 0 spiro atoms. The highest BCUT2D eigenvalue weighted by atomic mass is 16.5. The summed E-state index contributed by atoms with van der Waals surface area (Å²) in [7, 11) is 1.76. The van der Waals surface area contributed by atoms with Crippen LogP contribution in [-0.2, 0) is 16.6 Å². The number of amides is 1. The van der Waals surface area contributed by atoms with Crippen molar-refractivity contribution in [1.29, 1.82) is 0 Å². The number of hydrogen-bond acceptors (Lipinski definition) is 6. The number of esters is 1. The number of benzene rings is 2. The highest BCUT2D eigenvalue weighted by Gasteiger charge is 2.21. The summed E-state index contributed by atoms with van der Waals surface area (Å²) in [6.45, 7) is 2.70. The average Bonchev–Trinajstić information content (AvgIpc) is 3.11. The maximum atomic E-state index is 13.0. The fraction of sp³-hybridized carbons (Fsp3) is 0.160. The standard InChI is InChI=1S/C25H22N4O4/c1-15-23-19(13-21(17-9-5-4-6-10-17)27-24(23)29(3)28-15)25(32)33-14-22(31)26-20-12-8-7-11-18(20)16(2)30/h4-13H,14H2,1-3H3,(H,26,31). The van der Waals surface area contributed by atoms with Crippen molar-refractivity contribution >= 4 is 34.4 Å². The topological polar surface area (TPSA) is 103 Å². The molecule has 33 heavy (non-hydrogen) atoms. The third-order valence-corrected chi connectivity index (χ3v) is 5.17. The molecule has 166 valence electrons. The summed E-state index contributed by atoms with van der Waals surface area (Å²) in [4.78, 5) is 41.9. The minimum atomic E-state index is -0.661. The monoisotopic (exact) mass is 442 g/mol. The Morgan fingerprint density at radius 3 is 2.42 bits per heavy atom. The van der Waals surface area contributed by atoms with Gasteiger partial charge in [0.15, 0.2) is 18.0 Å². The summed E-state index contributed by atoms with van der Waals surface area (Å²) in [5.74, 6) is -1.39. The van der Waals surface area contributed by atoms with E-state index in [1.807, 2.05) is 30.3 Å². The Labute approximate surface area is 190 Å². The number of para-hydroxylation sites is 1. The first-order valence-corrected chi connectivity index (χ1v) is 10.3. The average molecular weight is 442 g/mol. The minimum absolute atomic E-state index is 0.178. The number of hydrogen-bond donors (Lipinski definition) is 1. The second kappa shape index (κ2) is 9.04. The molecule has 2 aromatic carbocycles. The Balaban J connectivity index is 1.59. The zero-order valence-electron chi connectivity index (χ0n) is 18.5. The summed E-state index contributed by atoms with van der Waals surface area (Å²) in [5, 5.41) is 7.58. The number of aryl methyl sites for hydroxylation is 2. The molecule has 0 aliphatic heterocycles. The number of fused-ring (bicyclic) bond motifs is 1. The van der Waals surface area contributed by atoms with Crippen LogP contribution in [0.15, 0.2) is 60.7 Å². The molecule has 0 saturated heterocycles. The molecule has 0 aliphatic carbocycles. The maximum absolute atomic E-state index is 13.0. The summed E-state index contributed by atoms with van der Waals surface area (Å²) >= 11 is 0. The van der Waals surface area contributed by atoms with E-state index in [1.54, 1.807) is 49.0 Å². The molecular formula is C25H22N4O4. The van der Waals surface area contributed by atoms with Gasteiger partial charge in [-0.3, -0.25) is 14.3 Å². The van der Waals surface area contributed by atoms with Crippen LogP contribution in [0.2, 0.25) is 0 Å². The Morgan fingerprint density at radius 2 is 1.70 bits per heavy atom. The quantitative estimate of drug-likeness (QED) is 0.358. The van der Waals surface area contributed by atoms with Gasteiger partial charge >= 0.3 is 5.97 Å². The zero-order chi connectivity index (χ0) is 23.5. The van der Waals surface area contributed by atoms with E-state index in [9.17, 15) is 14.4 Å². The van der Waals surface area contributed by atoms with E-state index in [0.29, 0.717) is 33.7 Å². The minimum Gasteiger partial charge on any atom is -0.452 e. The normalized spacial score (nSPS) is 10.8. The Bertz CT molecular complexity index is 1380. The number of nitrogens with one attached hydrogen (secondary N) is 1. The number of carbonyl (C=O) groups excluding carboxylic acids is 3. The predicted molar refractivity (Wildman–Crippen MR) is 124 cm³/mol. The molecule has 0 unspecified atom stereocenters. The molecule has 1 N–H and O–H groups in total. The van der Waals surface area contributed by atoms with Crippen LogP contribution in [0.5, 0.6) is 0 Å². The molecule has 8 heteroatoms. The molecule has 4 rings (SSSR count). The van der Waals surface area contributed by atoms with Gasteiger partial charge in [0.25, 0.3) is 5.91 Å². The number of ether oxygens (including phenoxy) is 1. The van der Waals surface area contributed by atoms with Crippen molar-refractivity contribution in [3.63, 3.8) is 0 Å². The number of carbonyl (C=O) groups is 3. The first kappa shape index (κ1) is 21.9. The number of rotatable bonds is 6. The van der Waals surface area contributed by atoms with Gasteiger partial charge in [-0.2, -0.15) is 5.10 Å². The van der Waals surface area contributed by atoms with Crippen LogP contribution in [-0.4, -0.2) is 39.0 Å². The number of anilines is 1. The van der Waals surface area contributed by atoms with E-state index in [0.717, 1.165) is 5.56 Å². The molecule has 0 saturated carbocycles. The molecule has 8 nitrogen and oxygen atoms in total. The molecule has 0 fully saturated rings. The van der Waals surface area contributed by atoms with Crippen LogP contribution < -0.4 is 5.32 Å². The number of pyridine rings is 1. The third kappa shape index (κ3) is 4.50. The third-order valence-electron chi connectivity index (χ3n) is 5.17. The number of aromatic nitrogens is 3. The zero-order valence-corrected chi connectivity index (χ0v) is 18.5. The van der Waals surface area contributed by atoms with Crippen molar-refractivity contribution in [1.82, 2.24) is 14.8 Å². The van der Waals surface area contributed by atoms with Gasteiger partial charge in [0.05, 0.1) is 28.0 Å². The van der Waals surface area contributed by atoms with Gasteiger partial charge in [0.1, 0.15) is 0 Å². The van der Waals surface area contributed by atoms with Crippen LogP contribution in [0.4, 0.5) is 5.69 Å². The van der Waals surface area contributed by atoms with Gasteiger partial charge in [-0.15, -0.1) is 0 Å². The fourth-order valence-corrected chi connectivity index (χ4v) is 3.66. The lowest BCUT2D eigenvalue weighted by molar-refractivity contribution is -0.119. The van der Waals surface area contributed by atoms with Gasteiger partial charge in [-0.25, -0.2) is 9.78 Å². The molecule has 1 amide bonds. The van der Waals surface area contributed by atoms with Gasteiger partial charge in [0, 0.05) is 18.2 Å². The van der Waals surface area contributed by atoms with Crippen LogP contribution in [0.3, 0.4) is 0 Å². The van der Waals surface area contributed by atoms with E-state index >= 15 is 0 Å². The first-order chi connectivity index (χ1) is 15.8. The molecule has 2 aromatic heterocycles. The Morgan fingerprint density at radius 1 is 1.00 bits per heavy atom. The van der Waals surface area contributed by atoms with Gasteiger partial charge in [0.2, 0.25) is 0 Å². The number of ketones is 1. The second-order valence-electron chi connectivity index (χ2n) is 7.55. The van der Waals surface area contributed by atoms with Crippen molar-refractivity contribution in [2.24, 2.45) is 7.05 Å². The highest BCUT2D eigenvalue weighted by Crippen LogP contribution is 2.27. The summed E-state index contributed by atoms with van der Waals surface area (Å²) in [5.41, 5.74) is 3.63. The van der Waals surface area contributed by atoms with E-state index in [-0.39, 0.29) is 11.3 Å². The summed E-state index contributed by atoms with van der Waals surface area (Å²) < 4.78 is 6.94. The van der Waals surface area contributed by atoms with Gasteiger partial charge in [-0.1, -0.05) is 42.5 Å². The summed E-state index contributed by atoms with van der Waals surface area (Å²) in [6.07, 6.45) is 0. The molecule has 0 radical (unpaired) electrons. The molecule has 0 bridgehead atoms. The van der Waals surface area contributed by atoms with Crippen molar-refractivity contribution in [2.75, 3.05) is 11.9 Å². The molecular weight excluding hydrogens is 420 g/mol. The second-order valence-corrected chi connectivity index (χ2v) is 7.55. The predicted octanol–water partition coefficient (Wildman–Crippen LogP) is 3.94. The van der Waals surface area contributed by atoms with E-state index in [2.05, 4.69) is 15.4 Å². The maximum Gasteiger partial charge on any atom is 0.339 e. The van der Waals surface area contributed by atoms with Crippen LogP contribution in [0.25, 0.3) is 22.3 Å². The Hall–Kier alpha value is -4.33. The fourth-order valence-electron chi connectivity index (χ4n) is 3.66. The van der Waals surface area contributed by atoms with Crippen molar-refractivity contribution in [3.8, 4) is 11.3 Å². The van der Waals surface area contributed by atoms with Gasteiger partial charge in [-0.05, 0) is 32.0 Å². The van der Waals surface area contributed by atoms with Crippen molar-refractivity contribution in [2.45, 2.75) is 13.8 Å². The van der Waals surface area contributed by atoms with Crippen LogP contribution in [0.1, 0.15) is 33.3 Å². The van der Waals surface area contributed by atoms with Crippen molar-refractivity contribution < 1.29 is 19.1 Å². The lowest BCUT2D eigenvalue weighted by atomic mass is 10.1. The van der Waals surface area contributed by atoms with E-state index in [4.69, 9.17) is 4.74 Å². The first-order valence-electron chi connectivity index (χ1n) is 10.3. The molecule has 0 aliphatic rings. The SMILES string of the molecule is CC(=O)c1ccccc1NC(=O)COC(=O)c1cc(-c2ccccc2)nc2c1c(C)nn2C.